The Morgan fingerprint density at radius 3 is 2.20 bits per heavy atom. The molecule has 2 rings (SSSR count). The van der Waals surface area contributed by atoms with Crippen molar-refractivity contribution in [3.63, 3.8) is 0 Å². The summed E-state index contributed by atoms with van der Waals surface area (Å²) in [5.74, 6) is 0.00496. The highest BCUT2D eigenvalue weighted by Crippen LogP contribution is 2.29. The summed E-state index contributed by atoms with van der Waals surface area (Å²) in [5.41, 5.74) is 3.78. The van der Waals surface area contributed by atoms with Crippen LogP contribution in [0, 0.1) is 5.41 Å². The Morgan fingerprint density at radius 1 is 1.03 bits per heavy atom. The minimum absolute atomic E-state index is 0.00729. The molecule has 1 atom stereocenters. The number of nitrogens with zero attached hydrogens (tertiary/aromatic N) is 2. The number of nitrogens with one attached hydrogen (secondary N) is 1. The van der Waals surface area contributed by atoms with Gasteiger partial charge >= 0.3 is 0 Å². The fourth-order valence-corrected chi connectivity index (χ4v) is 3.53. The zero-order valence-electron chi connectivity index (χ0n) is 19.3. The van der Waals surface area contributed by atoms with Gasteiger partial charge in [0.2, 0.25) is 11.8 Å². The van der Waals surface area contributed by atoms with Crippen molar-refractivity contribution in [2.45, 2.75) is 53.6 Å². The van der Waals surface area contributed by atoms with Crippen molar-refractivity contribution in [1.29, 1.82) is 0 Å². The van der Waals surface area contributed by atoms with Crippen LogP contribution in [0.3, 0.4) is 0 Å². The Hall–Kier alpha value is -2.82. The lowest BCUT2D eigenvalue weighted by molar-refractivity contribution is -0.131. The maximum absolute atomic E-state index is 12.5. The van der Waals surface area contributed by atoms with Gasteiger partial charge in [0.25, 0.3) is 0 Å². The average molecular weight is 410 g/mol. The zero-order valence-corrected chi connectivity index (χ0v) is 19.3. The smallest absolute Gasteiger partial charge is 0.224 e. The van der Waals surface area contributed by atoms with E-state index in [0.717, 1.165) is 22.5 Å². The molecule has 0 bridgehead atoms. The quantitative estimate of drug-likeness (QED) is 0.681. The minimum atomic E-state index is -0.0764. The topological polar surface area (TPSA) is 52.7 Å². The third-order valence-corrected chi connectivity index (χ3v) is 5.03. The van der Waals surface area contributed by atoms with Gasteiger partial charge in [0, 0.05) is 45.4 Å². The lowest BCUT2D eigenvalue weighted by Gasteiger charge is -2.30. The van der Waals surface area contributed by atoms with Crippen molar-refractivity contribution in [2.24, 2.45) is 5.41 Å². The molecule has 0 aromatic heterocycles. The summed E-state index contributed by atoms with van der Waals surface area (Å²) in [7, 11) is 3.96. The lowest BCUT2D eigenvalue weighted by atomic mass is 9.92. The fraction of sp³-hybridized carbons (Fsp3) is 0.440. The molecule has 0 aliphatic rings. The molecular formula is C25H35N3O2. The summed E-state index contributed by atoms with van der Waals surface area (Å²) in [5, 5.41) is 3.01. The Balaban J connectivity index is 2.32. The maximum Gasteiger partial charge on any atom is 0.224 e. The zero-order chi connectivity index (χ0) is 22.5. The summed E-state index contributed by atoms with van der Waals surface area (Å²) in [6.45, 7) is 10.2. The van der Waals surface area contributed by atoms with Crippen molar-refractivity contribution in [2.75, 3.05) is 24.3 Å². The molecule has 0 aliphatic heterocycles. The highest BCUT2D eigenvalue weighted by molar-refractivity contribution is 5.91. The number of anilines is 2. The van der Waals surface area contributed by atoms with Gasteiger partial charge in [-0.3, -0.25) is 9.59 Å². The first-order chi connectivity index (χ1) is 14.0. The number of hydrogen-bond acceptors (Lipinski definition) is 3. The molecule has 0 aliphatic carbocycles. The van der Waals surface area contributed by atoms with Gasteiger partial charge in [-0.25, -0.2) is 0 Å². The first kappa shape index (κ1) is 23.5. The van der Waals surface area contributed by atoms with Gasteiger partial charge in [-0.05, 0) is 41.7 Å². The van der Waals surface area contributed by atoms with E-state index in [1.165, 1.54) is 0 Å². The third-order valence-electron chi connectivity index (χ3n) is 5.03. The molecule has 2 amide bonds. The Kier molecular flexibility index (Phi) is 7.65. The van der Waals surface area contributed by atoms with E-state index in [4.69, 9.17) is 0 Å². The summed E-state index contributed by atoms with van der Waals surface area (Å²) >= 11 is 0. The standard InChI is InChI=1S/C25H35N3O2/c1-18(20-11-9-8-10-12-20)28(19(2)29)17-21-15-22(13-14-23(21)27(6)7)26-24(30)16-25(3,4)5/h8-15,18H,16-17H2,1-7H3,(H,26,30). The van der Waals surface area contributed by atoms with Gasteiger partial charge in [-0.2, -0.15) is 0 Å². The van der Waals surface area contributed by atoms with Crippen molar-refractivity contribution in [1.82, 2.24) is 4.90 Å². The molecule has 1 unspecified atom stereocenters. The first-order valence-corrected chi connectivity index (χ1v) is 10.4. The van der Waals surface area contributed by atoms with E-state index in [2.05, 4.69) is 5.32 Å². The lowest BCUT2D eigenvalue weighted by Crippen LogP contribution is -2.31. The SMILES string of the molecule is CC(=O)N(Cc1cc(NC(=O)CC(C)(C)C)ccc1N(C)C)C(C)c1ccccc1. The second-order valence-electron chi connectivity index (χ2n) is 9.26. The van der Waals surface area contributed by atoms with Crippen LogP contribution in [0.5, 0.6) is 0 Å². The predicted octanol–water partition coefficient (Wildman–Crippen LogP) is 5.24. The van der Waals surface area contributed by atoms with E-state index < -0.39 is 0 Å². The van der Waals surface area contributed by atoms with Crippen molar-refractivity contribution in [3.8, 4) is 0 Å². The molecule has 2 aromatic rings. The number of rotatable bonds is 7. The number of hydrogen-bond donors (Lipinski definition) is 1. The van der Waals surface area contributed by atoms with Crippen LogP contribution in [0.1, 0.15) is 58.2 Å². The average Bonchev–Trinajstić information content (AvgIpc) is 2.64. The van der Waals surface area contributed by atoms with Gasteiger partial charge in [0.05, 0.1) is 6.04 Å². The number of carbonyl (C=O) groups is 2. The first-order valence-electron chi connectivity index (χ1n) is 10.4. The summed E-state index contributed by atoms with van der Waals surface area (Å²) < 4.78 is 0. The van der Waals surface area contributed by atoms with E-state index in [1.54, 1.807) is 6.92 Å². The summed E-state index contributed by atoms with van der Waals surface area (Å²) in [6, 6.07) is 15.9. The van der Waals surface area contributed by atoms with Crippen LogP contribution >= 0.6 is 0 Å². The monoisotopic (exact) mass is 409 g/mol. The molecule has 5 heteroatoms. The molecule has 0 saturated heterocycles. The molecule has 30 heavy (non-hydrogen) atoms. The van der Waals surface area contributed by atoms with Gasteiger partial charge in [0.15, 0.2) is 0 Å². The highest BCUT2D eigenvalue weighted by Gasteiger charge is 2.21. The Bertz CT molecular complexity index is 870. The van der Waals surface area contributed by atoms with Crippen LogP contribution in [0.15, 0.2) is 48.5 Å². The van der Waals surface area contributed by atoms with Gasteiger partial charge < -0.3 is 15.1 Å². The van der Waals surface area contributed by atoms with Crippen LogP contribution < -0.4 is 10.2 Å². The van der Waals surface area contributed by atoms with Crippen LogP contribution in [0.4, 0.5) is 11.4 Å². The second kappa shape index (κ2) is 9.79. The summed E-state index contributed by atoms with van der Waals surface area (Å²) in [6.07, 6.45) is 0.447. The van der Waals surface area contributed by atoms with E-state index in [-0.39, 0.29) is 23.3 Å². The van der Waals surface area contributed by atoms with Gasteiger partial charge in [-0.15, -0.1) is 0 Å². The molecule has 0 fully saturated rings. The molecule has 0 heterocycles. The van der Waals surface area contributed by atoms with Crippen molar-refractivity contribution >= 4 is 23.2 Å². The predicted molar refractivity (Wildman–Crippen MR) is 125 cm³/mol. The van der Waals surface area contributed by atoms with Crippen molar-refractivity contribution in [3.05, 3.63) is 59.7 Å². The highest BCUT2D eigenvalue weighted by atomic mass is 16.2. The van der Waals surface area contributed by atoms with Gasteiger partial charge in [-0.1, -0.05) is 51.1 Å². The van der Waals surface area contributed by atoms with Crippen molar-refractivity contribution < 1.29 is 9.59 Å². The number of amides is 2. The maximum atomic E-state index is 12.5. The number of benzene rings is 2. The molecule has 162 valence electrons. The molecule has 0 radical (unpaired) electrons. The van der Waals surface area contributed by atoms with Crippen LogP contribution in [0.25, 0.3) is 0 Å². The van der Waals surface area contributed by atoms with E-state index in [9.17, 15) is 9.59 Å². The van der Waals surface area contributed by atoms with Crippen LogP contribution in [-0.2, 0) is 16.1 Å². The summed E-state index contributed by atoms with van der Waals surface area (Å²) in [4.78, 5) is 28.8. The minimum Gasteiger partial charge on any atom is -0.377 e. The molecule has 0 saturated carbocycles. The van der Waals surface area contributed by atoms with Crippen LogP contribution in [-0.4, -0.2) is 30.8 Å². The molecule has 5 nitrogen and oxygen atoms in total. The number of carbonyl (C=O) groups excluding carboxylic acids is 2. The van der Waals surface area contributed by atoms with Gasteiger partial charge in [0.1, 0.15) is 0 Å². The molecule has 2 aromatic carbocycles. The molecular weight excluding hydrogens is 374 g/mol. The fourth-order valence-electron chi connectivity index (χ4n) is 3.53. The van der Waals surface area contributed by atoms with E-state index >= 15 is 0 Å². The Labute approximate surface area is 181 Å². The largest absolute Gasteiger partial charge is 0.377 e. The second-order valence-corrected chi connectivity index (χ2v) is 9.26. The Morgan fingerprint density at radius 2 is 1.67 bits per heavy atom. The molecule has 1 N–H and O–H groups in total. The molecule has 0 spiro atoms. The van der Waals surface area contributed by atoms with Crippen LogP contribution in [0.2, 0.25) is 0 Å². The third kappa shape index (κ3) is 6.61. The van der Waals surface area contributed by atoms with E-state index in [0.29, 0.717) is 13.0 Å². The normalized spacial score (nSPS) is 12.2. The van der Waals surface area contributed by atoms with E-state index in [1.807, 2.05) is 100 Å².